The van der Waals surface area contributed by atoms with Gasteiger partial charge in [0, 0.05) is 36.5 Å². The van der Waals surface area contributed by atoms with Crippen molar-refractivity contribution in [3.05, 3.63) is 53.1 Å². The average molecular weight is 534 g/mol. The Hall–Kier alpha value is -3.08. The number of benzene rings is 2. The molecule has 2 N–H and O–H groups in total. The van der Waals surface area contributed by atoms with E-state index in [9.17, 15) is 13.9 Å². The van der Waals surface area contributed by atoms with Crippen LogP contribution in [0.4, 0.5) is 14.5 Å². The predicted octanol–water partition coefficient (Wildman–Crippen LogP) is 4.80. The number of aliphatic imine (C=N–C) groups is 2. The maximum Gasteiger partial charge on any atom is 0.300 e. The van der Waals surface area contributed by atoms with Crippen molar-refractivity contribution in [2.75, 3.05) is 40.6 Å². The van der Waals surface area contributed by atoms with Gasteiger partial charge in [-0.2, -0.15) is 8.78 Å². The van der Waals surface area contributed by atoms with Gasteiger partial charge in [-0.25, -0.2) is 0 Å². The first-order valence-corrected chi connectivity index (χ1v) is 12.5. The molecule has 0 bridgehead atoms. The number of hydrogen-bond donors (Lipinski definition) is 2. The molecule has 1 aliphatic rings. The summed E-state index contributed by atoms with van der Waals surface area (Å²) in [7, 11) is 3.18. The number of rotatable bonds is 12. The van der Waals surface area contributed by atoms with Gasteiger partial charge in [-0.1, -0.05) is 18.2 Å². The molecule has 0 spiro atoms. The van der Waals surface area contributed by atoms with Crippen LogP contribution in [0.1, 0.15) is 50.4 Å². The lowest BCUT2D eigenvalue weighted by molar-refractivity contribution is -0.168. The van der Waals surface area contributed by atoms with E-state index in [1.807, 2.05) is 6.92 Å². The van der Waals surface area contributed by atoms with Crippen molar-refractivity contribution in [1.29, 1.82) is 0 Å². The maximum absolute atomic E-state index is 14.8. The molecular formula is C28H37F2N3O5. The molecule has 0 aromatic heterocycles. The zero-order valence-corrected chi connectivity index (χ0v) is 22.8. The fourth-order valence-electron chi connectivity index (χ4n) is 3.84. The topological polar surface area (TPSA) is 93.9 Å². The van der Waals surface area contributed by atoms with Gasteiger partial charge in [-0.05, 0) is 45.4 Å². The normalized spacial score (nSPS) is 15.9. The zero-order valence-electron chi connectivity index (χ0n) is 22.8. The van der Waals surface area contributed by atoms with E-state index in [0.717, 1.165) is 13.8 Å². The summed E-state index contributed by atoms with van der Waals surface area (Å²) in [6.07, 6.45) is 1.76. The summed E-state index contributed by atoms with van der Waals surface area (Å²) >= 11 is 0. The molecule has 8 nitrogen and oxygen atoms in total. The second-order valence-corrected chi connectivity index (χ2v) is 9.48. The number of nitrogens with zero attached hydrogens (tertiary/aromatic N) is 2. The molecule has 10 heteroatoms. The highest BCUT2D eigenvalue weighted by molar-refractivity contribution is 6.04. The first kappa shape index (κ1) is 29.5. The number of nitrogens with one attached hydrogen (secondary N) is 1. The highest BCUT2D eigenvalue weighted by atomic mass is 19.3. The molecule has 0 saturated carbocycles. The zero-order chi connectivity index (χ0) is 27.9. The molecule has 1 saturated heterocycles. The van der Waals surface area contributed by atoms with Crippen molar-refractivity contribution < 1.29 is 32.8 Å². The standard InChI is InChI=1S/C28H37F2N3O5/c1-7-32-23-15-24(35-6)25(38-12-11-37-21-16-36-17-21)14-22(23)26(31-5)33-18(2)19-9-8-10-20(13-19)28(29,30)27(3,4)34/h7-10,13-15,18,21,34H,11-12,16-17H2,1-6H3,(H,31,33)/b32-7+/t18-/m1/s1. The number of methoxy groups -OCH3 is 1. The van der Waals surface area contributed by atoms with E-state index in [4.69, 9.17) is 18.9 Å². The van der Waals surface area contributed by atoms with Crippen molar-refractivity contribution in [3.8, 4) is 11.5 Å². The highest BCUT2D eigenvalue weighted by Gasteiger charge is 2.47. The molecule has 2 aromatic rings. The molecule has 38 heavy (non-hydrogen) atoms. The summed E-state index contributed by atoms with van der Waals surface area (Å²) < 4.78 is 51.9. The van der Waals surface area contributed by atoms with Gasteiger partial charge >= 0.3 is 5.92 Å². The molecule has 1 aliphatic heterocycles. The third-order valence-corrected chi connectivity index (χ3v) is 6.20. The van der Waals surface area contributed by atoms with Gasteiger partial charge in [0.05, 0.1) is 32.6 Å². The van der Waals surface area contributed by atoms with Gasteiger partial charge in [-0.15, -0.1) is 0 Å². The summed E-state index contributed by atoms with van der Waals surface area (Å²) in [6, 6.07) is 9.15. The number of aliphatic hydroxyl groups is 1. The average Bonchev–Trinajstić information content (AvgIpc) is 2.86. The third-order valence-electron chi connectivity index (χ3n) is 6.20. The van der Waals surface area contributed by atoms with Gasteiger partial charge in [0.2, 0.25) is 0 Å². The highest BCUT2D eigenvalue weighted by Crippen LogP contribution is 2.39. The van der Waals surface area contributed by atoms with E-state index in [1.165, 1.54) is 12.1 Å². The summed E-state index contributed by atoms with van der Waals surface area (Å²) in [5, 5.41) is 13.3. The second-order valence-electron chi connectivity index (χ2n) is 9.48. The monoisotopic (exact) mass is 533 g/mol. The second kappa shape index (κ2) is 12.6. The lowest BCUT2D eigenvalue weighted by atomic mass is 9.91. The Kier molecular flexibility index (Phi) is 9.81. The van der Waals surface area contributed by atoms with Crippen molar-refractivity contribution in [1.82, 2.24) is 5.32 Å². The Morgan fingerprint density at radius 1 is 1.21 bits per heavy atom. The van der Waals surface area contributed by atoms with Crippen molar-refractivity contribution in [2.24, 2.45) is 9.98 Å². The van der Waals surface area contributed by atoms with E-state index in [-0.39, 0.29) is 11.7 Å². The summed E-state index contributed by atoms with van der Waals surface area (Å²) in [5.74, 6) is -1.93. The number of alkyl halides is 2. The van der Waals surface area contributed by atoms with E-state index in [1.54, 1.807) is 51.6 Å². The SMILES string of the molecule is C/C=N/c1cc(OC)c(OCCOC2COC2)cc1/C(=N\C)N[C@H](C)c1cccc(C(F)(F)C(C)(C)O)c1. The minimum atomic E-state index is -3.43. The van der Waals surface area contributed by atoms with Crippen LogP contribution in [-0.4, -0.2) is 69.4 Å². The molecule has 0 unspecified atom stereocenters. The van der Waals surface area contributed by atoms with Crippen LogP contribution in [0.3, 0.4) is 0 Å². The van der Waals surface area contributed by atoms with Gasteiger partial charge in [0.25, 0.3) is 0 Å². The van der Waals surface area contributed by atoms with E-state index >= 15 is 0 Å². The quantitative estimate of drug-likeness (QED) is 0.231. The van der Waals surface area contributed by atoms with Crippen LogP contribution in [0, 0.1) is 0 Å². The summed E-state index contributed by atoms with van der Waals surface area (Å²) in [6.45, 7) is 7.73. The first-order chi connectivity index (χ1) is 18.0. The minimum absolute atomic E-state index is 0.101. The van der Waals surface area contributed by atoms with Crippen LogP contribution in [-0.2, 0) is 15.4 Å². The molecular weight excluding hydrogens is 496 g/mol. The predicted molar refractivity (Wildman–Crippen MR) is 144 cm³/mol. The molecule has 2 aromatic carbocycles. The molecule has 3 rings (SSSR count). The molecule has 1 heterocycles. The maximum atomic E-state index is 14.8. The van der Waals surface area contributed by atoms with Crippen LogP contribution >= 0.6 is 0 Å². The van der Waals surface area contributed by atoms with Gasteiger partial charge in [0.15, 0.2) is 11.5 Å². The van der Waals surface area contributed by atoms with Crippen LogP contribution in [0.5, 0.6) is 11.5 Å². The Morgan fingerprint density at radius 3 is 2.53 bits per heavy atom. The Bertz CT molecular complexity index is 1140. The fraction of sp³-hybridized carbons (Fsp3) is 0.500. The molecule has 1 atom stereocenters. The van der Waals surface area contributed by atoms with Crippen LogP contribution in [0.25, 0.3) is 0 Å². The van der Waals surface area contributed by atoms with Crippen molar-refractivity contribution >= 4 is 17.7 Å². The Balaban J connectivity index is 1.85. The Labute approximate surface area is 222 Å². The minimum Gasteiger partial charge on any atom is -0.493 e. The van der Waals surface area contributed by atoms with Crippen molar-refractivity contribution in [2.45, 2.75) is 51.4 Å². The fourth-order valence-corrected chi connectivity index (χ4v) is 3.84. The van der Waals surface area contributed by atoms with E-state index in [0.29, 0.717) is 60.6 Å². The van der Waals surface area contributed by atoms with Crippen LogP contribution < -0.4 is 14.8 Å². The molecule has 1 fully saturated rings. The van der Waals surface area contributed by atoms with E-state index < -0.39 is 17.6 Å². The Morgan fingerprint density at radius 2 is 1.95 bits per heavy atom. The lowest BCUT2D eigenvalue weighted by Crippen LogP contribution is -2.40. The number of hydrogen-bond acceptors (Lipinski definition) is 7. The van der Waals surface area contributed by atoms with Gasteiger partial charge < -0.3 is 29.4 Å². The largest absolute Gasteiger partial charge is 0.493 e. The lowest BCUT2D eigenvalue weighted by Gasteiger charge is -2.30. The number of ether oxygens (including phenoxy) is 4. The van der Waals surface area contributed by atoms with Gasteiger partial charge in [-0.3, -0.25) is 9.98 Å². The summed E-state index contributed by atoms with van der Waals surface area (Å²) in [4.78, 5) is 8.89. The molecule has 0 aliphatic carbocycles. The third kappa shape index (κ3) is 6.86. The van der Waals surface area contributed by atoms with Crippen molar-refractivity contribution in [3.63, 3.8) is 0 Å². The van der Waals surface area contributed by atoms with Crippen LogP contribution in [0.15, 0.2) is 46.4 Å². The smallest absolute Gasteiger partial charge is 0.300 e. The first-order valence-electron chi connectivity index (χ1n) is 12.5. The van der Waals surface area contributed by atoms with Gasteiger partial charge in [0.1, 0.15) is 24.1 Å². The molecule has 208 valence electrons. The molecule has 0 radical (unpaired) electrons. The van der Waals surface area contributed by atoms with E-state index in [2.05, 4.69) is 15.3 Å². The summed E-state index contributed by atoms with van der Waals surface area (Å²) in [5.41, 5.74) is -0.614. The number of halogens is 2. The van der Waals surface area contributed by atoms with Crippen LogP contribution in [0.2, 0.25) is 0 Å². The molecule has 0 amide bonds. The number of amidine groups is 1.